The number of nitrogens with one attached hydrogen (secondary N) is 1. The first kappa shape index (κ1) is 22.1. The third-order valence-corrected chi connectivity index (χ3v) is 5.30. The van der Waals surface area contributed by atoms with Crippen LogP contribution in [0.3, 0.4) is 0 Å². The van der Waals surface area contributed by atoms with Gasteiger partial charge in [0.25, 0.3) is 11.8 Å². The van der Waals surface area contributed by atoms with Gasteiger partial charge in [-0.25, -0.2) is 4.90 Å². The van der Waals surface area contributed by atoms with Gasteiger partial charge in [0.2, 0.25) is 0 Å². The van der Waals surface area contributed by atoms with Gasteiger partial charge in [0.1, 0.15) is 11.4 Å². The Morgan fingerprint density at radius 2 is 1.55 bits per heavy atom. The lowest BCUT2D eigenvalue weighted by Crippen LogP contribution is -2.33. The Balaban J connectivity index is 1.79. The smallest absolute Gasteiger partial charge is 0.406 e. The highest BCUT2D eigenvalue weighted by Crippen LogP contribution is 2.36. The second-order valence-corrected chi connectivity index (χ2v) is 7.48. The number of amides is 2. The van der Waals surface area contributed by atoms with Gasteiger partial charge in [0.15, 0.2) is 0 Å². The van der Waals surface area contributed by atoms with E-state index in [0.29, 0.717) is 11.3 Å². The Morgan fingerprint density at radius 1 is 0.848 bits per heavy atom. The number of anilines is 2. The quantitative estimate of drug-likeness (QED) is 0.512. The Bertz CT molecular complexity index is 1270. The summed E-state index contributed by atoms with van der Waals surface area (Å²) in [4.78, 5) is 28.0. The van der Waals surface area contributed by atoms with E-state index in [1.807, 2.05) is 19.9 Å². The zero-order valence-electron chi connectivity index (χ0n) is 17.7. The van der Waals surface area contributed by atoms with Crippen LogP contribution in [0.4, 0.5) is 24.5 Å². The summed E-state index contributed by atoms with van der Waals surface area (Å²) < 4.78 is 41.8. The Kier molecular flexibility index (Phi) is 5.68. The van der Waals surface area contributed by atoms with Gasteiger partial charge in [-0.3, -0.25) is 9.59 Å². The second-order valence-electron chi connectivity index (χ2n) is 7.48. The SMILES string of the molecule is Cc1cccc(N2C(=O)C(Nc3cccc(OC(F)(F)F)c3)=C(c3ccccc3)C2=O)c1C. The minimum Gasteiger partial charge on any atom is -0.406 e. The summed E-state index contributed by atoms with van der Waals surface area (Å²) in [6, 6.07) is 19.0. The van der Waals surface area contributed by atoms with E-state index in [1.54, 1.807) is 42.5 Å². The van der Waals surface area contributed by atoms with Gasteiger partial charge >= 0.3 is 6.36 Å². The summed E-state index contributed by atoms with van der Waals surface area (Å²) >= 11 is 0. The maximum atomic E-state index is 13.5. The highest BCUT2D eigenvalue weighted by Gasteiger charge is 2.41. The molecule has 5 nitrogen and oxygen atoms in total. The molecule has 0 aliphatic carbocycles. The first-order chi connectivity index (χ1) is 15.7. The maximum absolute atomic E-state index is 13.5. The minimum atomic E-state index is -4.86. The normalized spacial score (nSPS) is 14.2. The Labute approximate surface area is 188 Å². The molecule has 0 saturated carbocycles. The highest BCUT2D eigenvalue weighted by molar-refractivity contribution is 6.46. The van der Waals surface area contributed by atoms with Crippen LogP contribution in [0.5, 0.6) is 5.75 Å². The number of rotatable bonds is 5. The van der Waals surface area contributed by atoms with Crippen molar-refractivity contribution in [2.24, 2.45) is 0 Å². The molecule has 0 spiro atoms. The lowest BCUT2D eigenvalue weighted by Gasteiger charge is -2.19. The van der Waals surface area contributed by atoms with E-state index >= 15 is 0 Å². The molecule has 0 fully saturated rings. The molecule has 8 heteroatoms. The fraction of sp³-hybridized carbons (Fsp3) is 0.120. The van der Waals surface area contributed by atoms with Gasteiger partial charge in [0.05, 0.1) is 11.3 Å². The van der Waals surface area contributed by atoms with Crippen LogP contribution in [-0.2, 0) is 9.59 Å². The molecule has 33 heavy (non-hydrogen) atoms. The molecule has 168 valence electrons. The van der Waals surface area contributed by atoms with Gasteiger partial charge in [-0.15, -0.1) is 13.2 Å². The molecule has 1 heterocycles. The summed E-state index contributed by atoms with van der Waals surface area (Å²) in [6.07, 6.45) is -4.86. The molecule has 0 radical (unpaired) electrons. The van der Waals surface area contributed by atoms with Crippen LogP contribution in [-0.4, -0.2) is 18.2 Å². The van der Waals surface area contributed by atoms with Crippen LogP contribution in [0, 0.1) is 13.8 Å². The van der Waals surface area contributed by atoms with Crippen molar-refractivity contribution in [2.45, 2.75) is 20.2 Å². The topological polar surface area (TPSA) is 58.6 Å². The van der Waals surface area contributed by atoms with Crippen LogP contribution in [0.25, 0.3) is 5.57 Å². The molecule has 1 aliphatic heterocycles. The van der Waals surface area contributed by atoms with Crippen molar-refractivity contribution < 1.29 is 27.5 Å². The van der Waals surface area contributed by atoms with E-state index in [0.717, 1.165) is 28.2 Å². The van der Waals surface area contributed by atoms with Crippen molar-refractivity contribution in [3.05, 3.63) is 95.2 Å². The molecule has 0 atom stereocenters. The number of hydrogen-bond donors (Lipinski definition) is 1. The number of halogens is 3. The Morgan fingerprint density at radius 3 is 2.24 bits per heavy atom. The molecule has 2 amide bonds. The zero-order chi connectivity index (χ0) is 23.8. The fourth-order valence-corrected chi connectivity index (χ4v) is 3.63. The van der Waals surface area contributed by atoms with E-state index in [2.05, 4.69) is 10.1 Å². The molecule has 3 aromatic carbocycles. The summed E-state index contributed by atoms with van der Waals surface area (Å²) in [7, 11) is 0. The van der Waals surface area contributed by atoms with Gasteiger partial charge in [-0.2, -0.15) is 0 Å². The largest absolute Gasteiger partial charge is 0.573 e. The molecule has 0 aromatic heterocycles. The summed E-state index contributed by atoms with van der Waals surface area (Å²) in [6.45, 7) is 3.69. The molecule has 0 unspecified atom stereocenters. The molecular formula is C25H19F3N2O3. The lowest BCUT2D eigenvalue weighted by atomic mass is 10.0. The lowest BCUT2D eigenvalue weighted by molar-refractivity contribution is -0.274. The van der Waals surface area contributed by atoms with E-state index in [9.17, 15) is 22.8 Å². The van der Waals surface area contributed by atoms with Gasteiger partial charge in [-0.05, 0) is 48.7 Å². The summed E-state index contributed by atoms with van der Waals surface area (Å²) in [5.41, 5.74) is 2.91. The second kappa shape index (κ2) is 8.46. The number of nitrogens with zero attached hydrogens (tertiary/aromatic N) is 1. The standard InChI is InChI=1S/C25H19F3N2O3/c1-15-8-6-13-20(16(15)2)30-23(31)21(17-9-4-3-5-10-17)22(24(30)32)29-18-11-7-12-19(14-18)33-25(26,27)28/h3-14,29H,1-2H3. The molecule has 3 aromatic rings. The van der Waals surface area contributed by atoms with Gasteiger partial charge in [-0.1, -0.05) is 48.5 Å². The average Bonchev–Trinajstić information content (AvgIpc) is 2.99. The van der Waals surface area contributed by atoms with Crippen LogP contribution < -0.4 is 15.0 Å². The maximum Gasteiger partial charge on any atom is 0.573 e. The molecule has 1 aliphatic rings. The number of benzene rings is 3. The molecular weight excluding hydrogens is 433 g/mol. The fourth-order valence-electron chi connectivity index (χ4n) is 3.63. The first-order valence-electron chi connectivity index (χ1n) is 10.0. The van der Waals surface area contributed by atoms with E-state index < -0.39 is 23.9 Å². The molecule has 0 bridgehead atoms. The van der Waals surface area contributed by atoms with Crippen molar-refractivity contribution in [1.29, 1.82) is 0 Å². The third-order valence-electron chi connectivity index (χ3n) is 5.30. The van der Waals surface area contributed by atoms with E-state index in [4.69, 9.17) is 0 Å². The molecule has 0 saturated heterocycles. The number of ether oxygens (including phenoxy) is 1. The van der Waals surface area contributed by atoms with Gasteiger partial charge in [0, 0.05) is 11.8 Å². The number of carbonyl (C=O) groups excluding carboxylic acids is 2. The van der Waals surface area contributed by atoms with Crippen LogP contribution in [0.2, 0.25) is 0 Å². The summed E-state index contributed by atoms with van der Waals surface area (Å²) in [5, 5.41) is 2.85. The predicted octanol–water partition coefficient (Wildman–Crippen LogP) is 5.60. The number of aryl methyl sites for hydroxylation is 1. The Hall–Kier alpha value is -4.07. The third kappa shape index (κ3) is 4.45. The number of carbonyl (C=O) groups is 2. The number of imide groups is 1. The van der Waals surface area contributed by atoms with Crippen LogP contribution >= 0.6 is 0 Å². The number of hydrogen-bond acceptors (Lipinski definition) is 4. The average molecular weight is 452 g/mol. The van der Waals surface area contributed by atoms with Crippen molar-refractivity contribution in [3.63, 3.8) is 0 Å². The van der Waals surface area contributed by atoms with Crippen molar-refractivity contribution in [2.75, 3.05) is 10.2 Å². The van der Waals surface area contributed by atoms with E-state index in [-0.39, 0.29) is 17.0 Å². The predicted molar refractivity (Wildman–Crippen MR) is 119 cm³/mol. The van der Waals surface area contributed by atoms with Crippen LogP contribution in [0.1, 0.15) is 16.7 Å². The van der Waals surface area contributed by atoms with E-state index in [1.165, 1.54) is 12.1 Å². The molecule has 1 N–H and O–H groups in total. The van der Waals surface area contributed by atoms with Crippen molar-refractivity contribution in [3.8, 4) is 5.75 Å². The molecule has 4 rings (SSSR count). The van der Waals surface area contributed by atoms with Crippen molar-refractivity contribution in [1.82, 2.24) is 0 Å². The van der Waals surface area contributed by atoms with Crippen LogP contribution in [0.15, 0.2) is 78.5 Å². The zero-order valence-corrected chi connectivity index (χ0v) is 17.7. The van der Waals surface area contributed by atoms with Gasteiger partial charge < -0.3 is 10.1 Å². The monoisotopic (exact) mass is 452 g/mol. The number of alkyl halides is 3. The van der Waals surface area contributed by atoms with Crippen molar-refractivity contribution >= 4 is 28.8 Å². The first-order valence-corrected chi connectivity index (χ1v) is 10.0. The summed E-state index contributed by atoms with van der Waals surface area (Å²) in [5.74, 6) is -1.57. The highest BCUT2D eigenvalue weighted by atomic mass is 19.4. The minimum absolute atomic E-state index is 0.0312.